The summed E-state index contributed by atoms with van der Waals surface area (Å²) in [4.78, 5) is 18.0. The Kier molecular flexibility index (Phi) is 5.75. The first kappa shape index (κ1) is 20.6. The first-order valence-electron chi connectivity index (χ1n) is 12.0. The highest BCUT2D eigenvalue weighted by molar-refractivity contribution is 5.81. The van der Waals surface area contributed by atoms with Crippen LogP contribution in [0.15, 0.2) is 54.6 Å². The van der Waals surface area contributed by atoms with Gasteiger partial charge >= 0.3 is 0 Å². The smallest absolute Gasteiger partial charge is 0.226 e. The van der Waals surface area contributed by atoms with Crippen LogP contribution in [-0.4, -0.2) is 45.5 Å². The number of hydrogen-bond donors (Lipinski definition) is 1. The summed E-state index contributed by atoms with van der Waals surface area (Å²) >= 11 is 0. The number of hydrogen-bond acceptors (Lipinski definition) is 3. The molecule has 2 aromatic carbocycles. The average Bonchev–Trinajstić information content (AvgIpc) is 3.59. The summed E-state index contributed by atoms with van der Waals surface area (Å²) in [7, 11) is 0. The van der Waals surface area contributed by atoms with Gasteiger partial charge in [-0.1, -0.05) is 42.5 Å². The van der Waals surface area contributed by atoms with Crippen LogP contribution in [0.5, 0.6) is 5.75 Å². The van der Waals surface area contributed by atoms with Crippen molar-refractivity contribution in [2.24, 2.45) is 5.92 Å². The highest BCUT2D eigenvalue weighted by Crippen LogP contribution is 2.44. The third-order valence-corrected chi connectivity index (χ3v) is 7.64. The molecule has 2 aliphatic heterocycles. The molecule has 0 spiro atoms. The van der Waals surface area contributed by atoms with E-state index in [9.17, 15) is 9.90 Å². The predicted molar refractivity (Wildman–Crippen MR) is 123 cm³/mol. The zero-order chi connectivity index (χ0) is 21.4. The fourth-order valence-corrected chi connectivity index (χ4v) is 5.82. The fourth-order valence-electron chi connectivity index (χ4n) is 5.82. The standard InChI is InChI=1S/C27H34N2O2/c1-19(28(27(31)21-10-11-21)18-20-6-3-2-4-7-20)17-29-24-12-13-25(29)15-23(14-24)22-8-5-9-26(30)16-22/h2-9,16,19,21,23-25,30H,10-15,17-18H2,1H3/t19-,23?,24?,25?/m1/s1. The molecule has 2 saturated heterocycles. The molecule has 2 heterocycles. The minimum atomic E-state index is 0.216. The lowest BCUT2D eigenvalue weighted by molar-refractivity contribution is -0.136. The average molecular weight is 419 g/mol. The molecule has 1 N–H and O–H groups in total. The summed E-state index contributed by atoms with van der Waals surface area (Å²) in [5.41, 5.74) is 2.49. The SMILES string of the molecule is C[C@H](CN1C2CCC1CC(c1cccc(O)c1)C2)N(Cc1ccccc1)C(=O)C1CC1. The molecular formula is C27H34N2O2. The second kappa shape index (κ2) is 8.66. The Morgan fingerprint density at radius 2 is 1.74 bits per heavy atom. The van der Waals surface area contributed by atoms with Gasteiger partial charge in [0.1, 0.15) is 5.75 Å². The number of nitrogens with zero attached hydrogens (tertiary/aromatic N) is 2. The molecule has 31 heavy (non-hydrogen) atoms. The van der Waals surface area contributed by atoms with E-state index in [1.165, 1.54) is 24.0 Å². The lowest BCUT2D eigenvalue weighted by Crippen LogP contribution is -2.51. The van der Waals surface area contributed by atoms with Gasteiger partial charge in [0.2, 0.25) is 5.91 Å². The minimum absolute atomic E-state index is 0.216. The van der Waals surface area contributed by atoms with Gasteiger partial charge in [-0.2, -0.15) is 0 Å². The number of phenolic OH excluding ortho intramolecular Hbond substituents is 1. The van der Waals surface area contributed by atoms with Crippen molar-refractivity contribution in [3.8, 4) is 5.75 Å². The van der Waals surface area contributed by atoms with Gasteiger partial charge in [-0.15, -0.1) is 0 Å². The lowest BCUT2D eigenvalue weighted by atomic mass is 9.85. The van der Waals surface area contributed by atoms with Crippen LogP contribution in [0, 0.1) is 5.92 Å². The van der Waals surface area contributed by atoms with Crippen molar-refractivity contribution < 1.29 is 9.90 Å². The van der Waals surface area contributed by atoms with Gasteiger partial charge < -0.3 is 10.0 Å². The number of carbonyl (C=O) groups is 1. The monoisotopic (exact) mass is 418 g/mol. The molecule has 3 atom stereocenters. The predicted octanol–water partition coefficient (Wildman–Crippen LogP) is 4.93. The van der Waals surface area contributed by atoms with E-state index in [4.69, 9.17) is 0 Å². The van der Waals surface area contributed by atoms with Crippen LogP contribution in [0.4, 0.5) is 0 Å². The maximum absolute atomic E-state index is 13.1. The van der Waals surface area contributed by atoms with E-state index in [1.807, 2.05) is 18.2 Å². The molecule has 1 aliphatic carbocycles. The molecule has 2 bridgehead atoms. The van der Waals surface area contributed by atoms with Gasteiger partial charge in [0.15, 0.2) is 0 Å². The van der Waals surface area contributed by atoms with Crippen LogP contribution in [0.25, 0.3) is 0 Å². The zero-order valence-electron chi connectivity index (χ0n) is 18.5. The second-order valence-electron chi connectivity index (χ2n) is 9.92. The van der Waals surface area contributed by atoms with Crippen LogP contribution in [0.1, 0.15) is 62.5 Å². The molecule has 1 saturated carbocycles. The molecular weight excluding hydrogens is 384 g/mol. The fraction of sp³-hybridized carbons (Fsp3) is 0.519. The molecule has 4 nitrogen and oxygen atoms in total. The van der Waals surface area contributed by atoms with E-state index >= 15 is 0 Å². The Hall–Kier alpha value is -2.33. The van der Waals surface area contributed by atoms with Crippen LogP contribution < -0.4 is 0 Å². The molecule has 3 fully saturated rings. The Morgan fingerprint density at radius 3 is 2.39 bits per heavy atom. The summed E-state index contributed by atoms with van der Waals surface area (Å²) in [5, 5.41) is 9.90. The number of fused-ring (bicyclic) bond motifs is 2. The van der Waals surface area contributed by atoms with Crippen molar-refractivity contribution in [2.45, 2.75) is 76.0 Å². The molecule has 0 radical (unpaired) electrons. The number of phenols is 1. The molecule has 2 unspecified atom stereocenters. The van der Waals surface area contributed by atoms with Crippen molar-refractivity contribution >= 4 is 5.91 Å². The number of benzene rings is 2. The molecule has 1 amide bonds. The Morgan fingerprint density at radius 1 is 1.03 bits per heavy atom. The van der Waals surface area contributed by atoms with Crippen molar-refractivity contribution in [3.63, 3.8) is 0 Å². The summed E-state index contributed by atoms with van der Waals surface area (Å²) in [5.74, 6) is 1.50. The number of piperidine rings is 1. The van der Waals surface area contributed by atoms with Crippen molar-refractivity contribution in [3.05, 3.63) is 65.7 Å². The highest BCUT2D eigenvalue weighted by atomic mass is 16.3. The van der Waals surface area contributed by atoms with Crippen LogP contribution >= 0.6 is 0 Å². The van der Waals surface area contributed by atoms with Gasteiger partial charge in [-0.3, -0.25) is 9.69 Å². The highest BCUT2D eigenvalue weighted by Gasteiger charge is 2.43. The molecule has 3 aliphatic rings. The van der Waals surface area contributed by atoms with Gasteiger partial charge in [0, 0.05) is 37.1 Å². The maximum atomic E-state index is 13.1. The maximum Gasteiger partial charge on any atom is 0.226 e. The number of rotatable bonds is 7. The normalized spacial score (nSPS) is 26.5. The topological polar surface area (TPSA) is 43.8 Å². The largest absolute Gasteiger partial charge is 0.508 e. The minimum Gasteiger partial charge on any atom is -0.508 e. The van der Waals surface area contributed by atoms with E-state index < -0.39 is 0 Å². The number of amides is 1. The van der Waals surface area contributed by atoms with Crippen molar-refractivity contribution in [2.75, 3.05) is 6.54 Å². The van der Waals surface area contributed by atoms with Gasteiger partial charge in [0.05, 0.1) is 0 Å². The second-order valence-corrected chi connectivity index (χ2v) is 9.92. The van der Waals surface area contributed by atoms with Gasteiger partial charge in [-0.05, 0) is 74.6 Å². The van der Waals surface area contributed by atoms with E-state index in [1.54, 1.807) is 6.07 Å². The van der Waals surface area contributed by atoms with Gasteiger partial charge in [0.25, 0.3) is 0 Å². The quantitative estimate of drug-likeness (QED) is 0.693. The zero-order valence-corrected chi connectivity index (χ0v) is 18.5. The Bertz CT molecular complexity index is 896. The van der Waals surface area contributed by atoms with E-state index in [2.05, 4.69) is 47.1 Å². The molecule has 5 rings (SSSR count). The van der Waals surface area contributed by atoms with Crippen LogP contribution in [0.3, 0.4) is 0 Å². The lowest BCUT2D eigenvalue weighted by Gasteiger charge is -2.42. The van der Waals surface area contributed by atoms with Gasteiger partial charge in [-0.25, -0.2) is 0 Å². The molecule has 4 heteroatoms. The van der Waals surface area contributed by atoms with E-state index in [-0.39, 0.29) is 12.0 Å². The van der Waals surface area contributed by atoms with Crippen molar-refractivity contribution in [1.82, 2.24) is 9.80 Å². The van der Waals surface area contributed by atoms with Crippen molar-refractivity contribution in [1.29, 1.82) is 0 Å². The first-order chi connectivity index (χ1) is 15.1. The first-order valence-corrected chi connectivity index (χ1v) is 12.0. The van der Waals surface area contributed by atoms with Crippen LogP contribution in [-0.2, 0) is 11.3 Å². The Balaban J connectivity index is 1.27. The summed E-state index contributed by atoms with van der Waals surface area (Å²) in [6, 6.07) is 19.6. The van der Waals surface area contributed by atoms with Crippen LogP contribution in [0.2, 0.25) is 0 Å². The summed E-state index contributed by atoms with van der Waals surface area (Å²) in [6.07, 6.45) is 6.92. The summed E-state index contributed by atoms with van der Waals surface area (Å²) < 4.78 is 0. The summed E-state index contributed by atoms with van der Waals surface area (Å²) in [6.45, 7) is 3.92. The number of carbonyl (C=O) groups excluding carboxylic acids is 1. The van der Waals surface area contributed by atoms with E-state index in [0.29, 0.717) is 36.2 Å². The molecule has 2 aromatic rings. The molecule has 0 aromatic heterocycles. The third-order valence-electron chi connectivity index (χ3n) is 7.64. The number of aromatic hydroxyl groups is 1. The third kappa shape index (κ3) is 4.50. The molecule has 164 valence electrons. The van der Waals surface area contributed by atoms with E-state index in [0.717, 1.165) is 32.2 Å². The Labute approximate surface area is 185 Å².